The van der Waals surface area contributed by atoms with E-state index in [1.807, 2.05) is 0 Å². The van der Waals surface area contributed by atoms with Crippen LogP contribution in [0.25, 0.3) is 6.08 Å². The van der Waals surface area contributed by atoms with Gasteiger partial charge in [0.15, 0.2) is 5.78 Å². The molecule has 0 aliphatic carbocycles. The van der Waals surface area contributed by atoms with Crippen LogP contribution in [0.1, 0.15) is 15.9 Å². The van der Waals surface area contributed by atoms with Crippen LogP contribution in [0.5, 0.6) is 0 Å². The lowest BCUT2D eigenvalue weighted by atomic mass is 10.1. The van der Waals surface area contributed by atoms with Gasteiger partial charge in [0, 0.05) is 10.2 Å². The third kappa shape index (κ3) is 3.51. The molecule has 0 saturated heterocycles. The van der Waals surface area contributed by atoms with Gasteiger partial charge in [-0.3, -0.25) is 4.79 Å². The molecule has 2 nitrogen and oxygen atoms in total. The molecule has 2 N–H and O–H groups in total. The van der Waals surface area contributed by atoms with E-state index in [0.29, 0.717) is 10.2 Å². The van der Waals surface area contributed by atoms with Crippen molar-refractivity contribution in [2.24, 2.45) is 0 Å². The highest BCUT2D eigenvalue weighted by Gasteiger charge is 2.09. The summed E-state index contributed by atoms with van der Waals surface area (Å²) in [6.07, 6.45) is 2.97. The van der Waals surface area contributed by atoms with Crippen LogP contribution in [0.3, 0.4) is 0 Å². The van der Waals surface area contributed by atoms with Crippen LogP contribution in [0.4, 0.5) is 10.1 Å². The van der Waals surface area contributed by atoms with E-state index in [-0.39, 0.29) is 11.3 Å². The van der Waals surface area contributed by atoms with Crippen molar-refractivity contribution in [2.75, 3.05) is 5.73 Å². The number of anilines is 1. The molecule has 0 aromatic heterocycles. The lowest BCUT2D eigenvalue weighted by Gasteiger charge is -1.99. The fraction of sp³-hybridized carbons (Fsp3) is 0. The van der Waals surface area contributed by atoms with E-state index in [1.165, 1.54) is 18.2 Å². The Morgan fingerprint density at radius 3 is 2.53 bits per heavy atom. The second-order valence-corrected chi connectivity index (χ2v) is 4.90. The maximum Gasteiger partial charge on any atom is 0.188 e. The van der Waals surface area contributed by atoms with Gasteiger partial charge in [-0.1, -0.05) is 34.1 Å². The van der Waals surface area contributed by atoms with Crippen molar-refractivity contribution in [3.8, 4) is 0 Å². The monoisotopic (exact) mass is 319 g/mol. The summed E-state index contributed by atoms with van der Waals surface area (Å²) in [4.78, 5) is 11.9. The fourth-order valence-electron chi connectivity index (χ4n) is 1.56. The molecule has 4 heteroatoms. The van der Waals surface area contributed by atoms with Crippen molar-refractivity contribution < 1.29 is 9.18 Å². The van der Waals surface area contributed by atoms with Gasteiger partial charge in [-0.05, 0) is 42.0 Å². The Morgan fingerprint density at radius 2 is 1.84 bits per heavy atom. The van der Waals surface area contributed by atoms with Crippen LogP contribution < -0.4 is 5.73 Å². The molecule has 0 aliphatic rings. The van der Waals surface area contributed by atoms with E-state index >= 15 is 0 Å². The minimum Gasteiger partial charge on any atom is -0.399 e. The van der Waals surface area contributed by atoms with Crippen LogP contribution in [0.2, 0.25) is 0 Å². The largest absolute Gasteiger partial charge is 0.399 e. The number of nitrogen functional groups attached to an aromatic ring is 1. The first-order chi connectivity index (χ1) is 9.06. The number of halogens is 2. The Hall–Kier alpha value is -1.94. The van der Waals surface area contributed by atoms with Gasteiger partial charge in [0.25, 0.3) is 0 Å². The molecule has 0 unspecified atom stereocenters. The normalized spacial score (nSPS) is 10.8. The second kappa shape index (κ2) is 5.80. The molecule has 0 saturated carbocycles. The Balaban J connectivity index is 2.21. The van der Waals surface area contributed by atoms with Crippen molar-refractivity contribution in [2.45, 2.75) is 0 Å². The van der Waals surface area contributed by atoms with Crippen molar-refractivity contribution in [1.82, 2.24) is 0 Å². The molecule has 0 aliphatic heterocycles. The van der Waals surface area contributed by atoms with Gasteiger partial charge >= 0.3 is 0 Å². The Morgan fingerprint density at radius 1 is 1.16 bits per heavy atom. The van der Waals surface area contributed by atoms with Crippen molar-refractivity contribution >= 4 is 33.5 Å². The maximum absolute atomic E-state index is 13.5. The fourth-order valence-corrected chi connectivity index (χ4v) is 1.92. The van der Waals surface area contributed by atoms with Crippen molar-refractivity contribution in [3.05, 3.63) is 70.0 Å². The van der Waals surface area contributed by atoms with Gasteiger partial charge in [-0.2, -0.15) is 0 Å². The number of allylic oxidation sites excluding steroid dienone is 1. The van der Waals surface area contributed by atoms with E-state index in [1.54, 1.807) is 36.4 Å². The highest BCUT2D eigenvalue weighted by molar-refractivity contribution is 9.10. The number of ketones is 1. The zero-order valence-corrected chi connectivity index (χ0v) is 11.5. The topological polar surface area (TPSA) is 43.1 Å². The zero-order valence-electron chi connectivity index (χ0n) is 9.94. The molecular formula is C15H11BrFNO. The van der Waals surface area contributed by atoms with E-state index in [4.69, 9.17) is 5.73 Å². The lowest BCUT2D eigenvalue weighted by molar-refractivity contribution is 0.104. The smallest absolute Gasteiger partial charge is 0.188 e. The first-order valence-corrected chi connectivity index (χ1v) is 6.38. The van der Waals surface area contributed by atoms with Crippen molar-refractivity contribution in [1.29, 1.82) is 0 Å². The highest BCUT2D eigenvalue weighted by Crippen LogP contribution is 2.17. The Kier molecular flexibility index (Phi) is 4.12. The summed E-state index contributed by atoms with van der Waals surface area (Å²) in [6, 6.07) is 11.3. The molecule has 96 valence electrons. The number of carbonyl (C=O) groups is 1. The molecule has 0 heterocycles. The van der Waals surface area contributed by atoms with Gasteiger partial charge < -0.3 is 5.73 Å². The van der Waals surface area contributed by atoms with Crippen LogP contribution in [-0.2, 0) is 0 Å². The molecule has 0 radical (unpaired) electrons. The summed E-state index contributed by atoms with van der Waals surface area (Å²) < 4.78 is 14.2. The van der Waals surface area contributed by atoms with Gasteiger partial charge in [-0.25, -0.2) is 4.39 Å². The van der Waals surface area contributed by atoms with E-state index in [9.17, 15) is 9.18 Å². The molecular weight excluding hydrogens is 309 g/mol. The number of carbonyl (C=O) groups excluding carboxylic acids is 1. The number of nitrogens with two attached hydrogens (primary N) is 1. The predicted octanol–water partition coefficient (Wildman–Crippen LogP) is 4.07. The highest BCUT2D eigenvalue weighted by atomic mass is 79.9. The quantitative estimate of drug-likeness (QED) is 0.526. The summed E-state index contributed by atoms with van der Waals surface area (Å²) in [7, 11) is 0. The predicted molar refractivity (Wildman–Crippen MR) is 78.3 cm³/mol. The summed E-state index contributed by atoms with van der Waals surface area (Å²) in [5.41, 5.74) is 7.09. The molecule has 19 heavy (non-hydrogen) atoms. The lowest BCUT2D eigenvalue weighted by Crippen LogP contribution is -1.98. The minimum absolute atomic E-state index is 0.0427. The third-order valence-electron chi connectivity index (χ3n) is 2.56. The van der Waals surface area contributed by atoms with Crippen LogP contribution >= 0.6 is 15.9 Å². The summed E-state index contributed by atoms with van der Waals surface area (Å²) in [5, 5.41) is 0. The molecule has 2 rings (SSSR count). The van der Waals surface area contributed by atoms with E-state index in [0.717, 1.165) is 5.56 Å². The molecule has 2 aromatic rings. The molecule has 0 spiro atoms. The number of benzene rings is 2. The third-order valence-corrected chi connectivity index (χ3v) is 3.05. The number of rotatable bonds is 3. The standard InChI is InChI=1S/C15H11BrFNO/c16-11-4-7-14(17)13(9-11)15(19)8-3-10-1-5-12(18)6-2-10/h1-9H,18H2/b8-3+. The second-order valence-electron chi connectivity index (χ2n) is 3.99. The maximum atomic E-state index is 13.5. The summed E-state index contributed by atoms with van der Waals surface area (Å²) >= 11 is 3.21. The number of hydrogen-bond donors (Lipinski definition) is 1. The average molecular weight is 320 g/mol. The van der Waals surface area contributed by atoms with Gasteiger partial charge in [0.1, 0.15) is 5.82 Å². The van der Waals surface area contributed by atoms with E-state index in [2.05, 4.69) is 15.9 Å². The first-order valence-electron chi connectivity index (χ1n) is 5.59. The van der Waals surface area contributed by atoms with Crippen LogP contribution in [-0.4, -0.2) is 5.78 Å². The van der Waals surface area contributed by atoms with Crippen LogP contribution in [0, 0.1) is 5.82 Å². The van der Waals surface area contributed by atoms with Gasteiger partial charge in [0.2, 0.25) is 0 Å². The number of hydrogen-bond acceptors (Lipinski definition) is 2. The van der Waals surface area contributed by atoms with E-state index < -0.39 is 5.82 Å². The average Bonchev–Trinajstić information content (AvgIpc) is 2.40. The Bertz CT molecular complexity index is 635. The summed E-state index contributed by atoms with van der Waals surface area (Å²) in [6.45, 7) is 0. The summed E-state index contributed by atoms with van der Waals surface area (Å²) in [5.74, 6) is -0.911. The molecule has 0 atom stereocenters. The zero-order chi connectivity index (χ0) is 13.8. The molecule has 2 aromatic carbocycles. The Labute approximate surface area is 118 Å². The molecule has 0 bridgehead atoms. The van der Waals surface area contributed by atoms with Gasteiger partial charge in [-0.15, -0.1) is 0 Å². The van der Waals surface area contributed by atoms with Gasteiger partial charge in [0.05, 0.1) is 5.56 Å². The van der Waals surface area contributed by atoms with Crippen molar-refractivity contribution in [3.63, 3.8) is 0 Å². The van der Waals surface area contributed by atoms with Crippen LogP contribution in [0.15, 0.2) is 53.0 Å². The first kappa shape index (κ1) is 13.5. The molecule has 0 fully saturated rings. The minimum atomic E-state index is -0.532. The SMILES string of the molecule is Nc1ccc(/C=C/C(=O)c2cc(Br)ccc2F)cc1. The molecule has 0 amide bonds.